The maximum absolute atomic E-state index is 11.5. The smallest absolute Gasteiger partial charge is 0.211 e. The van der Waals surface area contributed by atoms with E-state index in [0.29, 0.717) is 19.1 Å². The third-order valence-corrected chi connectivity index (χ3v) is 5.77. The fourth-order valence-corrected chi connectivity index (χ4v) is 4.21. The molecule has 2 aliphatic rings. The normalized spacial score (nSPS) is 22.6. The first-order valence-electron chi connectivity index (χ1n) is 6.90. The minimum absolute atomic E-state index is 0.638. The fraction of sp³-hybridized carbons (Fsp3) is 0.571. The summed E-state index contributed by atoms with van der Waals surface area (Å²) in [4.78, 5) is 1.57. The molecule has 1 N–H and O–H groups in total. The molecule has 1 aliphatic heterocycles. The van der Waals surface area contributed by atoms with E-state index in [1.807, 2.05) is 0 Å². The summed E-state index contributed by atoms with van der Waals surface area (Å²) in [5, 5.41) is 0. The maximum Gasteiger partial charge on any atom is 0.211 e. The van der Waals surface area contributed by atoms with Gasteiger partial charge in [-0.1, -0.05) is 24.3 Å². The van der Waals surface area contributed by atoms with E-state index in [4.69, 9.17) is 0 Å². The van der Waals surface area contributed by atoms with Crippen LogP contribution in [0, 0.1) is 0 Å². The largest absolute Gasteiger partial charge is 0.330 e. The van der Waals surface area contributed by atoms with Crippen molar-refractivity contribution in [1.29, 1.82) is 0 Å². The molecule has 0 saturated carbocycles. The van der Waals surface area contributed by atoms with Crippen LogP contribution in [0.5, 0.6) is 0 Å². The van der Waals surface area contributed by atoms with Crippen molar-refractivity contribution < 1.29 is 13.3 Å². The van der Waals surface area contributed by atoms with Gasteiger partial charge in [0.1, 0.15) is 0 Å². The minimum Gasteiger partial charge on any atom is -0.330 e. The second kappa shape index (κ2) is 4.89. The van der Waals surface area contributed by atoms with Crippen LogP contribution in [0.1, 0.15) is 11.1 Å². The molecule has 1 aromatic rings. The lowest BCUT2D eigenvalue weighted by atomic mass is 10.1. The highest BCUT2D eigenvalue weighted by Gasteiger charge is 2.34. The maximum atomic E-state index is 11.5. The molecule has 104 valence electrons. The first-order chi connectivity index (χ1) is 9.04. The average Bonchev–Trinajstić information content (AvgIpc) is 2.81. The number of nitrogens with zero attached hydrogens (tertiary/aromatic N) is 1. The summed E-state index contributed by atoms with van der Waals surface area (Å²) in [7, 11) is -3.01. The molecular formula is C14H21N2O2S+. The molecule has 1 aromatic carbocycles. The van der Waals surface area contributed by atoms with Gasteiger partial charge in [-0.05, 0) is 11.1 Å². The summed E-state index contributed by atoms with van der Waals surface area (Å²) >= 11 is 0. The molecule has 0 aromatic heterocycles. The Kier molecular flexibility index (Phi) is 3.37. The van der Waals surface area contributed by atoms with Crippen LogP contribution in [0.3, 0.4) is 0 Å². The van der Waals surface area contributed by atoms with Crippen LogP contribution in [0.25, 0.3) is 0 Å². The Labute approximate surface area is 115 Å². The first-order valence-corrected chi connectivity index (χ1v) is 8.75. The highest BCUT2D eigenvalue weighted by atomic mass is 32.2. The molecule has 4 nitrogen and oxygen atoms in total. The number of hydrogen-bond donors (Lipinski definition) is 1. The van der Waals surface area contributed by atoms with Crippen molar-refractivity contribution in [3.8, 4) is 0 Å². The van der Waals surface area contributed by atoms with E-state index in [1.54, 1.807) is 9.21 Å². The van der Waals surface area contributed by atoms with Gasteiger partial charge in [0.05, 0.1) is 38.5 Å². The van der Waals surface area contributed by atoms with Crippen molar-refractivity contribution >= 4 is 10.0 Å². The Balaban J connectivity index is 1.62. The van der Waals surface area contributed by atoms with Crippen LogP contribution in [0.15, 0.2) is 24.3 Å². The standard InChI is InChI=1S/C14H20N2O2S/c1-19(17,18)16-8-6-15(7-9-16)14-10-12-4-2-3-5-13(12)11-14/h2-5,14H,6-11H2,1H3/p+1. The van der Waals surface area contributed by atoms with E-state index in [2.05, 4.69) is 24.3 Å². The molecule has 0 unspecified atom stereocenters. The number of sulfonamides is 1. The predicted molar refractivity (Wildman–Crippen MR) is 74.8 cm³/mol. The van der Waals surface area contributed by atoms with Gasteiger partial charge in [-0.3, -0.25) is 0 Å². The highest BCUT2D eigenvalue weighted by molar-refractivity contribution is 7.88. The van der Waals surface area contributed by atoms with E-state index >= 15 is 0 Å². The number of hydrogen-bond acceptors (Lipinski definition) is 2. The summed E-state index contributed by atoms with van der Waals surface area (Å²) in [6.45, 7) is 3.21. The minimum atomic E-state index is -3.01. The zero-order valence-electron chi connectivity index (χ0n) is 11.3. The van der Waals surface area contributed by atoms with Gasteiger partial charge >= 0.3 is 0 Å². The number of benzene rings is 1. The van der Waals surface area contributed by atoms with Crippen LogP contribution in [-0.2, 0) is 22.9 Å². The molecule has 0 bridgehead atoms. The Morgan fingerprint density at radius 1 is 1.11 bits per heavy atom. The fourth-order valence-electron chi connectivity index (χ4n) is 3.36. The second-order valence-electron chi connectivity index (χ2n) is 5.69. The van der Waals surface area contributed by atoms with Crippen LogP contribution in [-0.4, -0.2) is 51.2 Å². The van der Waals surface area contributed by atoms with Crippen molar-refractivity contribution in [2.24, 2.45) is 0 Å². The molecule has 0 radical (unpaired) electrons. The Bertz CT molecular complexity index is 538. The third-order valence-electron chi connectivity index (χ3n) is 4.46. The summed E-state index contributed by atoms with van der Waals surface area (Å²) in [5.41, 5.74) is 2.95. The molecule has 3 rings (SSSR count). The molecule has 1 aliphatic carbocycles. The van der Waals surface area contributed by atoms with E-state index in [9.17, 15) is 8.42 Å². The molecular weight excluding hydrogens is 260 g/mol. The van der Waals surface area contributed by atoms with Gasteiger partial charge in [-0.15, -0.1) is 0 Å². The van der Waals surface area contributed by atoms with Gasteiger partial charge in [0.2, 0.25) is 10.0 Å². The zero-order chi connectivity index (χ0) is 13.5. The van der Waals surface area contributed by atoms with E-state index in [0.717, 1.165) is 25.9 Å². The highest BCUT2D eigenvalue weighted by Crippen LogP contribution is 2.20. The van der Waals surface area contributed by atoms with Crippen molar-refractivity contribution in [3.63, 3.8) is 0 Å². The van der Waals surface area contributed by atoms with Crippen LogP contribution in [0.2, 0.25) is 0 Å². The Morgan fingerprint density at radius 3 is 2.11 bits per heavy atom. The van der Waals surface area contributed by atoms with Gasteiger partial charge < -0.3 is 4.90 Å². The van der Waals surface area contributed by atoms with Gasteiger partial charge in [0.15, 0.2) is 0 Å². The van der Waals surface area contributed by atoms with E-state index < -0.39 is 10.0 Å². The molecule has 0 spiro atoms. The number of piperazine rings is 1. The molecule has 0 atom stereocenters. The average molecular weight is 281 g/mol. The quantitative estimate of drug-likeness (QED) is 0.780. The number of quaternary nitrogens is 1. The van der Waals surface area contributed by atoms with Crippen LogP contribution in [0.4, 0.5) is 0 Å². The van der Waals surface area contributed by atoms with Gasteiger partial charge in [0, 0.05) is 12.8 Å². The molecule has 5 heteroatoms. The van der Waals surface area contributed by atoms with Crippen LogP contribution < -0.4 is 4.90 Å². The van der Waals surface area contributed by atoms with Crippen molar-refractivity contribution in [1.82, 2.24) is 4.31 Å². The predicted octanol–water partition coefficient (Wildman–Crippen LogP) is -0.686. The van der Waals surface area contributed by atoms with Crippen molar-refractivity contribution in [2.45, 2.75) is 18.9 Å². The van der Waals surface area contributed by atoms with Gasteiger partial charge in [-0.2, -0.15) is 4.31 Å². The Morgan fingerprint density at radius 2 is 1.63 bits per heavy atom. The molecule has 19 heavy (non-hydrogen) atoms. The van der Waals surface area contributed by atoms with Gasteiger partial charge in [0.25, 0.3) is 0 Å². The SMILES string of the molecule is CS(=O)(=O)N1CC[NH+](C2Cc3ccccc3C2)CC1. The van der Waals surface area contributed by atoms with E-state index in [-0.39, 0.29) is 0 Å². The van der Waals surface area contributed by atoms with Crippen molar-refractivity contribution in [3.05, 3.63) is 35.4 Å². The monoisotopic (exact) mass is 281 g/mol. The zero-order valence-corrected chi connectivity index (χ0v) is 12.1. The topological polar surface area (TPSA) is 41.8 Å². The number of fused-ring (bicyclic) bond motifs is 1. The summed E-state index contributed by atoms with van der Waals surface area (Å²) in [6, 6.07) is 9.30. The second-order valence-corrected chi connectivity index (χ2v) is 7.68. The van der Waals surface area contributed by atoms with Crippen LogP contribution >= 0.6 is 0 Å². The molecule has 1 fully saturated rings. The van der Waals surface area contributed by atoms with E-state index in [1.165, 1.54) is 17.4 Å². The molecule has 1 heterocycles. The molecule has 1 saturated heterocycles. The third kappa shape index (κ3) is 2.68. The summed E-state index contributed by atoms with van der Waals surface area (Å²) in [6.07, 6.45) is 3.60. The summed E-state index contributed by atoms with van der Waals surface area (Å²) in [5.74, 6) is 0. The first kappa shape index (κ1) is 13.1. The summed E-state index contributed by atoms with van der Waals surface area (Å²) < 4.78 is 24.6. The number of nitrogens with one attached hydrogen (secondary N) is 1. The Hall–Kier alpha value is -0.910. The van der Waals surface area contributed by atoms with Crippen molar-refractivity contribution in [2.75, 3.05) is 32.4 Å². The van der Waals surface area contributed by atoms with Gasteiger partial charge in [-0.25, -0.2) is 8.42 Å². The lowest BCUT2D eigenvalue weighted by Crippen LogP contribution is -3.18. The lowest BCUT2D eigenvalue weighted by molar-refractivity contribution is -0.927. The number of rotatable bonds is 2. The lowest BCUT2D eigenvalue weighted by Gasteiger charge is -2.34. The molecule has 0 amide bonds.